The fourth-order valence-corrected chi connectivity index (χ4v) is 0.863. The van der Waals surface area contributed by atoms with Gasteiger partial charge in [-0.15, -0.1) is 0 Å². The standard InChI is InChI=1S/C6H10N2O/c1-3-5-4(2)7-6(9)8-5/h5H,2-3H2,1H3,(H2,7,8,9). The predicted octanol–water partition coefficient (Wildman–Crippen LogP) is 0.592. The van der Waals surface area contributed by atoms with Crippen molar-refractivity contribution in [1.29, 1.82) is 0 Å². The fourth-order valence-electron chi connectivity index (χ4n) is 0.863. The average Bonchev–Trinajstić information content (AvgIpc) is 2.10. The van der Waals surface area contributed by atoms with E-state index in [0.717, 1.165) is 12.1 Å². The minimum Gasteiger partial charge on any atom is -0.330 e. The summed E-state index contributed by atoms with van der Waals surface area (Å²) >= 11 is 0. The van der Waals surface area contributed by atoms with E-state index in [1.807, 2.05) is 6.92 Å². The van der Waals surface area contributed by atoms with Gasteiger partial charge in [0.2, 0.25) is 0 Å². The van der Waals surface area contributed by atoms with Gasteiger partial charge in [0, 0.05) is 5.70 Å². The molecule has 3 nitrogen and oxygen atoms in total. The number of rotatable bonds is 1. The third-order valence-corrected chi connectivity index (χ3v) is 1.41. The lowest BCUT2D eigenvalue weighted by Gasteiger charge is -2.03. The van der Waals surface area contributed by atoms with Crippen molar-refractivity contribution in [2.45, 2.75) is 19.4 Å². The molecule has 1 rings (SSSR count). The number of carbonyl (C=O) groups is 1. The van der Waals surface area contributed by atoms with Crippen LogP contribution in [0, 0.1) is 0 Å². The Kier molecular flexibility index (Phi) is 1.42. The van der Waals surface area contributed by atoms with Crippen molar-refractivity contribution in [3.63, 3.8) is 0 Å². The maximum Gasteiger partial charge on any atom is 0.319 e. The van der Waals surface area contributed by atoms with Gasteiger partial charge in [-0.1, -0.05) is 13.5 Å². The van der Waals surface area contributed by atoms with Crippen LogP contribution in [0.15, 0.2) is 12.3 Å². The van der Waals surface area contributed by atoms with Crippen LogP contribution in [0.25, 0.3) is 0 Å². The van der Waals surface area contributed by atoms with Crippen LogP contribution >= 0.6 is 0 Å². The van der Waals surface area contributed by atoms with E-state index in [0.29, 0.717) is 0 Å². The highest BCUT2D eigenvalue weighted by atomic mass is 16.2. The molecule has 0 aromatic rings. The molecule has 2 amide bonds. The summed E-state index contributed by atoms with van der Waals surface area (Å²) in [5.41, 5.74) is 0.780. The summed E-state index contributed by atoms with van der Waals surface area (Å²) in [5.74, 6) is 0. The zero-order valence-corrected chi connectivity index (χ0v) is 5.40. The van der Waals surface area contributed by atoms with Crippen LogP contribution in [0.1, 0.15) is 13.3 Å². The van der Waals surface area contributed by atoms with Gasteiger partial charge in [0.05, 0.1) is 6.04 Å². The Balaban J connectivity index is 2.58. The van der Waals surface area contributed by atoms with Crippen molar-refractivity contribution in [1.82, 2.24) is 10.6 Å². The molecule has 50 valence electrons. The van der Waals surface area contributed by atoms with Crippen molar-refractivity contribution in [2.24, 2.45) is 0 Å². The normalized spacial score (nSPS) is 25.7. The van der Waals surface area contributed by atoms with Crippen LogP contribution < -0.4 is 10.6 Å². The molecule has 1 unspecified atom stereocenters. The highest BCUT2D eigenvalue weighted by Gasteiger charge is 2.21. The van der Waals surface area contributed by atoms with Gasteiger partial charge in [0.1, 0.15) is 0 Å². The van der Waals surface area contributed by atoms with Crippen LogP contribution in [0.2, 0.25) is 0 Å². The lowest BCUT2D eigenvalue weighted by Crippen LogP contribution is -2.25. The lowest BCUT2D eigenvalue weighted by atomic mass is 10.2. The van der Waals surface area contributed by atoms with E-state index in [9.17, 15) is 4.79 Å². The quantitative estimate of drug-likeness (QED) is 0.530. The Bertz CT molecular complexity index is 153. The van der Waals surface area contributed by atoms with Crippen molar-refractivity contribution in [2.75, 3.05) is 0 Å². The Labute approximate surface area is 54.1 Å². The SMILES string of the molecule is C=C1NC(=O)NC1CC. The van der Waals surface area contributed by atoms with Gasteiger partial charge in [-0.3, -0.25) is 0 Å². The van der Waals surface area contributed by atoms with E-state index in [1.54, 1.807) is 0 Å². The third-order valence-electron chi connectivity index (χ3n) is 1.41. The molecule has 1 fully saturated rings. The van der Waals surface area contributed by atoms with Crippen LogP contribution in [-0.2, 0) is 0 Å². The minimum atomic E-state index is -0.133. The smallest absolute Gasteiger partial charge is 0.319 e. The summed E-state index contributed by atoms with van der Waals surface area (Å²) in [4.78, 5) is 10.5. The van der Waals surface area contributed by atoms with Crippen molar-refractivity contribution >= 4 is 6.03 Å². The van der Waals surface area contributed by atoms with E-state index in [1.165, 1.54) is 0 Å². The molecule has 1 heterocycles. The lowest BCUT2D eigenvalue weighted by molar-refractivity contribution is 0.247. The molecule has 0 bridgehead atoms. The summed E-state index contributed by atoms with van der Waals surface area (Å²) in [6, 6.07) is 0.00403. The topological polar surface area (TPSA) is 41.1 Å². The first kappa shape index (κ1) is 6.13. The molecule has 0 radical (unpaired) electrons. The van der Waals surface area contributed by atoms with Gasteiger partial charge < -0.3 is 10.6 Å². The van der Waals surface area contributed by atoms with Crippen molar-refractivity contribution < 1.29 is 4.79 Å². The molecule has 1 atom stereocenters. The second-order valence-corrected chi connectivity index (χ2v) is 2.08. The second kappa shape index (κ2) is 2.09. The first-order chi connectivity index (χ1) is 4.24. The summed E-state index contributed by atoms with van der Waals surface area (Å²) in [6.45, 7) is 5.67. The number of amides is 2. The molecule has 0 aromatic carbocycles. The largest absolute Gasteiger partial charge is 0.330 e. The number of carbonyl (C=O) groups excluding carboxylic acids is 1. The van der Waals surface area contributed by atoms with Gasteiger partial charge in [-0.2, -0.15) is 0 Å². The highest BCUT2D eigenvalue weighted by molar-refractivity contribution is 5.80. The third kappa shape index (κ3) is 1.04. The molecule has 1 aliphatic heterocycles. The molecule has 9 heavy (non-hydrogen) atoms. The Morgan fingerprint density at radius 1 is 1.78 bits per heavy atom. The summed E-state index contributed by atoms with van der Waals surface area (Å²) in [5, 5.41) is 5.28. The van der Waals surface area contributed by atoms with Crippen LogP contribution in [0.4, 0.5) is 4.79 Å². The number of hydrogen-bond donors (Lipinski definition) is 2. The van der Waals surface area contributed by atoms with E-state index in [2.05, 4.69) is 17.2 Å². The fraction of sp³-hybridized carbons (Fsp3) is 0.500. The Morgan fingerprint density at radius 2 is 2.44 bits per heavy atom. The summed E-state index contributed by atoms with van der Waals surface area (Å²) in [6.07, 6.45) is 0.900. The first-order valence-electron chi connectivity index (χ1n) is 3.00. The summed E-state index contributed by atoms with van der Waals surface area (Å²) < 4.78 is 0. The van der Waals surface area contributed by atoms with E-state index >= 15 is 0 Å². The molecule has 0 saturated carbocycles. The van der Waals surface area contributed by atoms with Gasteiger partial charge in [0.15, 0.2) is 0 Å². The molecule has 3 heteroatoms. The monoisotopic (exact) mass is 126 g/mol. The zero-order chi connectivity index (χ0) is 6.85. The Morgan fingerprint density at radius 3 is 2.67 bits per heavy atom. The molecule has 0 aromatic heterocycles. The first-order valence-corrected chi connectivity index (χ1v) is 3.00. The summed E-state index contributed by atoms with van der Waals surface area (Å²) in [7, 11) is 0. The van der Waals surface area contributed by atoms with E-state index in [-0.39, 0.29) is 12.1 Å². The number of hydrogen-bond acceptors (Lipinski definition) is 1. The van der Waals surface area contributed by atoms with Gasteiger partial charge >= 0.3 is 6.03 Å². The molecule has 0 aliphatic carbocycles. The van der Waals surface area contributed by atoms with Gasteiger partial charge in [-0.25, -0.2) is 4.79 Å². The molecule has 1 aliphatic rings. The maximum atomic E-state index is 10.5. The molecular formula is C6H10N2O. The molecular weight excluding hydrogens is 116 g/mol. The second-order valence-electron chi connectivity index (χ2n) is 2.08. The number of nitrogens with one attached hydrogen (secondary N) is 2. The molecule has 2 N–H and O–H groups in total. The molecule has 1 saturated heterocycles. The maximum absolute atomic E-state index is 10.5. The van der Waals surface area contributed by atoms with Gasteiger partial charge in [-0.05, 0) is 6.42 Å². The van der Waals surface area contributed by atoms with E-state index < -0.39 is 0 Å². The molecule has 0 spiro atoms. The Hall–Kier alpha value is -0.990. The van der Waals surface area contributed by atoms with Crippen molar-refractivity contribution in [3.8, 4) is 0 Å². The van der Waals surface area contributed by atoms with Gasteiger partial charge in [0.25, 0.3) is 0 Å². The number of urea groups is 1. The van der Waals surface area contributed by atoms with E-state index in [4.69, 9.17) is 0 Å². The van der Waals surface area contributed by atoms with Crippen LogP contribution in [0.3, 0.4) is 0 Å². The van der Waals surface area contributed by atoms with Crippen LogP contribution in [-0.4, -0.2) is 12.1 Å². The predicted molar refractivity (Wildman–Crippen MR) is 34.9 cm³/mol. The van der Waals surface area contributed by atoms with Crippen LogP contribution in [0.5, 0.6) is 0 Å². The highest BCUT2D eigenvalue weighted by Crippen LogP contribution is 2.05. The minimum absolute atomic E-state index is 0.133. The van der Waals surface area contributed by atoms with Crippen molar-refractivity contribution in [3.05, 3.63) is 12.3 Å². The average molecular weight is 126 g/mol. The zero-order valence-electron chi connectivity index (χ0n) is 5.40.